The Morgan fingerprint density at radius 3 is 2.65 bits per heavy atom. The standard InChI is InChI=1S/C27H24N4O2S/c32-27-24-23(28-16-31(27)21-11-5-7-17-6-1-2-8-18(17)21)22-19-9-3-4-10-20(19)25(29-26(22)34-24)30-12-14-33-15-13-30/h1-2,5-8,11,16H,3-4,9-10,12-15H2/p+1. The van der Waals surface area contributed by atoms with Crippen LogP contribution in [-0.2, 0) is 17.6 Å². The molecule has 0 amide bonds. The molecule has 3 aromatic heterocycles. The number of aryl methyl sites for hydroxylation is 1. The lowest BCUT2D eigenvalue weighted by Crippen LogP contribution is -2.40. The summed E-state index contributed by atoms with van der Waals surface area (Å²) < 4.78 is 8.02. The fourth-order valence-corrected chi connectivity index (χ4v) is 6.72. The Morgan fingerprint density at radius 2 is 1.76 bits per heavy atom. The Kier molecular flexibility index (Phi) is 4.67. The van der Waals surface area contributed by atoms with E-state index in [1.165, 1.54) is 29.8 Å². The number of nitrogens with zero attached hydrogens (tertiary/aromatic N) is 3. The van der Waals surface area contributed by atoms with Gasteiger partial charge in [0.25, 0.3) is 11.4 Å². The van der Waals surface area contributed by atoms with Gasteiger partial charge in [0.1, 0.15) is 29.6 Å². The number of fused-ring (bicyclic) bond motifs is 6. The maximum Gasteiger partial charge on any atom is 0.279 e. The van der Waals surface area contributed by atoms with Crippen LogP contribution in [0, 0.1) is 0 Å². The number of ether oxygens (including phenoxy) is 1. The van der Waals surface area contributed by atoms with Gasteiger partial charge in [0.05, 0.1) is 24.3 Å². The van der Waals surface area contributed by atoms with Gasteiger partial charge in [-0.3, -0.25) is 14.3 Å². The van der Waals surface area contributed by atoms with Crippen molar-refractivity contribution in [2.45, 2.75) is 25.7 Å². The third-order valence-corrected chi connectivity index (χ3v) is 8.32. The quantitative estimate of drug-likeness (QED) is 0.387. The summed E-state index contributed by atoms with van der Waals surface area (Å²) in [7, 11) is 0. The number of hydrogen-bond donors (Lipinski definition) is 0. The van der Waals surface area contributed by atoms with Gasteiger partial charge < -0.3 is 4.74 Å². The number of benzene rings is 2. The molecule has 5 aromatic rings. The molecule has 0 spiro atoms. The Balaban J connectivity index is 1.48. The highest BCUT2D eigenvalue weighted by Gasteiger charge is 2.30. The highest BCUT2D eigenvalue weighted by Crippen LogP contribution is 2.38. The summed E-state index contributed by atoms with van der Waals surface area (Å²) in [6.07, 6.45) is 6.20. The first-order chi connectivity index (χ1) is 16.8. The molecule has 6 nitrogen and oxygen atoms in total. The van der Waals surface area contributed by atoms with Crippen LogP contribution in [0.1, 0.15) is 24.0 Å². The van der Waals surface area contributed by atoms with Crippen molar-refractivity contribution in [2.24, 2.45) is 0 Å². The zero-order valence-corrected chi connectivity index (χ0v) is 19.7. The van der Waals surface area contributed by atoms with Gasteiger partial charge >= 0.3 is 0 Å². The summed E-state index contributed by atoms with van der Waals surface area (Å²) in [6.45, 7) is 3.30. The first-order valence-corrected chi connectivity index (χ1v) is 12.8. The van der Waals surface area contributed by atoms with E-state index in [4.69, 9.17) is 9.72 Å². The minimum atomic E-state index is -0.00608. The first-order valence-electron chi connectivity index (χ1n) is 12.0. The SMILES string of the molecule is O=c1c2sc3[nH+]c(N4CCOCC4)c4c(c3c2ncn1-c1cccc2ccccc12)CCCC4. The van der Waals surface area contributed by atoms with E-state index in [2.05, 4.69) is 28.1 Å². The minimum Gasteiger partial charge on any atom is -0.373 e. The summed E-state index contributed by atoms with van der Waals surface area (Å²) >= 11 is 1.54. The van der Waals surface area contributed by atoms with E-state index in [1.54, 1.807) is 22.2 Å². The molecule has 7 rings (SSSR count). The second-order valence-corrected chi connectivity index (χ2v) is 10.2. The van der Waals surface area contributed by atoms with E-state index in [-0.39, 0.29) is 5.56 Å². The number of hydrogen-bond acceptors (Lipinski definition) is 5. The van der Waals surface area contributed by atoms with Gasteiger partial charge in [-0.2, -0.15) is 0 Å². The van der Waals surface area contributed by atoms with Crippen LogP contribution in [0.4, 0.5) is 5.82 Å². The van der Waals surface area contributed by atoms with Crippen LogP contribution >= 0.6 is 11.3 Å². The highest BCUT2D eigenvalue weighted by atomic mass is 32.1. The maximum absolute atomic E-state index is 13.8. The Bertz CT molecular complexity index is 1630. The van der Waals surface area contributed by atoms with Crippen molar-refractivity contribution >= 4 is 48.4 Å². The predicted octanol–water partition coefficient (Wildman–Crippen LogP) is 4.28. The monoisotopic (exact) mass is 469 g/mol. The molecule has 1 saturated heterocycles. The van der Waals surface area contributed by atoms with Gasteiger partial charge in [-0.05, 0) is 42.7 Å². The molecule has 170 valence electrons. The van der Waals surface area contributed by atoms with Crippen molar-refractivity contribution in [3.63, 3.8) is 0 Å². The van der Waals surface area contributed by atoms with E-state index in [0.29, 0.717) is 4.70 Å². The van der Waals surface area contributed by atoms with Crippen LogP contribution in [0.3, 0.4) is 0 Å². The molecule has 4 heterocycles. The smallest absolute Gasteiger partial charge is 0.279 e. The van der Waals surface area contributed by atoms with Crippen molar-refractivity contribution in [1.82, 2.24) is 9.55 Å². The van der Waals surface area contributed by atoms with Crippen molar-refractivity contribution in [3.8, 4) is 5.69 Å². The molecule has 0 radical (unpaired) electrons. The zero-order chi connectivity index (χ0) is 22.6. The molecular weight excluding hydrogens is 444 g/mol. The molecule has 1 fully saturated rings. The summed E-state index contributed by atoms with van der Waals surface area (Å²) in [5, 5.41) is 3.31. The van der Waals surface area contributed by atoms with Crippen molar-refractivity contribution in [2.75, 3.05) is 31.2 Å². The van der Waals surface area contributed by atoms with Gasteiger partial charge in [0.15, 0.2) is 4.83 Å². The summed E-state index contributed by atoms with van der Waals surface area (Å²) in [4.78, 5) is 25.9. The predicted molar refractivity (Wildman–Crippen MR) is 136 cm³/mol. The van der Waals surface area contributed by atoms with Crippen LogP contribution in [0.2, 0.25) is 0 Å². The Labute approximate surface area is 200 Å². The van der Waals surface area contributed by atoms with Gasteiger partial charge in [-0.1, -0.05) is 47.7 Å². The van der Waals surface area contributed by atoms with Gasteiger partial charge in [0.2, 0.25) is 0 Å². The van der Waals surface area contributed by atoms with Crippen molar-refractivity contribution in [3.05, 3.63) is 70.3 Å². The minimum absolute atomic E-state index is 0.00608. The van der Waals surface area contributed by atoms with Crippen LogP contribution < -0.4 is 15.4 Å². The van der Waals surface area contributed by atoms with Crippen LogP contribution in [-0.4, -0.2) is 35.9 Å². The highest BCUT2D eigenvalue weighted by molar-refractivity contribution is 7.25. The van der Waals surface area contributed by atoms with E-state index >= 15 is 0 Å². The number of pyridine rings is 1. The number of anilines is 1. The summed E-state index contributed by atoms with van der Waals surface area (Å²) in [6, 6.07) is 14.2. The number of aromatic amines is 1. The molecule has 0 saturated carbocycles. The fourth-order valence-electron chi connectivity index (χ4n) is 5.61. The van der Waals surface area contributed by atoms with E-state index in [0.717, 1.165) is 71.3 Å². The molecule has 1 N–H and O–H groups in total. The lowest BCUT2D eigenvalue weighted by atomic mass is 9.90. The topological polar surface area (TPSA) is 61.5 Å². The third kappa shape index (κ3) is 3.00. The molecule has 34 heavy (non-hydrogen) atoms. The maximum atomic E-state index is 13.8. The number of rotatable bonds is 2. The normalized spacial score (nSPS) is 16.4. The number of nitrogens with one attached hydrogen (secondary N) is 1. The van der Waals surface area contributed by atoms with Crippen molar-refractivity contribution in [1.29, 1.82) is 0 Å². The Morgan fingerprint density at radius 1 is 0.971 bits per heavy atom. The van der Waals surface area contributed by atoms with Crippen LogP contribution in [0.25, 0.3) is 36.9 Å². The molecule has 2 aliphatic rings. The molecule has 7 heteroatoms. The molecule has 1 aliphatic carbocycles. The third-order valence-electron chi connectivity index (χ3n) is 7.24. The summed E-state index contributed by atoms with van der Waals surface area (Å²) in [5.41, 5.74) is 4.48. The molecular formula is C27H25N4O2S+. The molecule has 0 unspecified atom stereocenters. The fraction of sp³-hybridized carbons (Fsp3) is 0.296. The lowest BCUT2D eigenvalue weighted by molar-refractivity contribution is -0.328. The lowest BCUT2D eigenvalue weighted by Gasteiger charge is -2.25. The van der Waals surface area contributed by atoms with Gasteiger partial charge in [-0.15, -0.1) is 0 Å². The first kappa shape index (κ1) is 20.1. The van der Waals surface area contributed by atoms with Crippen LogP contribution in [0.15, 0.2) is 53.6 Å². The zero-order valence-electron chi connectivity index (χ0n) is 18.8. The number of aromatic nitrogens is 3. The van der Waals surface area contributed by atoms with Crippen LogP contribution in [0.5, 0.6) is 0 Å². The van der Waals surface area contributed by atoms with Gasteiger partial charge in [-0.25, -0.2) is 9.97 Å². The number of thiophene rings is 1. The number of morpholine rings is 1. The second-order valence-electron chi connectivity index (χ2n) is 9.14. The Hall–Kier alpha value is -3.29. The molecule has 0 bridgehead atoms. The van der Waals surface area contributed by atoms with Gasteiger partial charge in [0, 0.05) is 10.9 Å². The second kappa shape index (κ2) is 7.89. The van der Waals surface area contributed by atoms with E-state index in [9.17, 15) is 4.79 Å². The van der Waals surface area contributed by atoms with Crippen molar-refractivity contribution < 1.29 is 9.72 Å². The largest absolute Gasteiger partial charge is 0.373 e. The van der Waals surface area contributed by atoms with E-state index < -0.39 is 0 Å². The average molecular weight is 470 g/mol. The molecule has 1 aliphatic heterocycles. The average Bonchev–Trinajstić information content (AvgIpc) is 3.28. The number of H-pyrrole nitrogens is 1. The van der Waals surface area contributed by atoms with E-state index in [1.807, 2.05) is 24.3 Å². The summed E-state index contributed by atoms with van der Waals surface area (Å²) in [5.74, 6) is 1.21. The molecule has 2 aromatic carbocycles. The molecule has 0 atom stereocenters.